The van der Waals surface area contributed by atoms with Gasteiger partial charge in [-0.1, -0.05) is 0 Å². The van der Waals surface area contributed by atoms with Crippen LogP contribution in [0.1, 0.15) is 38.5 Å². The molecule has 3 atom stereocenters. The highest BCUT2D eigenvalue weighted by atomic mass is 16.5. The van der Waals surface area contributed by atoms with Crippen LogP contribution in [0.2, 0.25) is 0 Å². The third kappa shape index (κ3) is 3.43. The molecule has 96 valence electrons. The van der Waals surface area contributed by atoms with Gasteiger partial charge in [0, 0.05) is 12.6 Å². The lowest BCUT2D eigenvalue weighted by Gasteiger charge is -2.14. The van der Waals surface area contributed by atoms with Crippen LogP contribution in [-0.2, 0) is 14.3 Å². The van der Waals surface area contributed by atoms with Gasteiger partial charge in [0.15, 0.2) is 0 Å². The minimum atomic E-state index is -0.749. The van der Waals surface area contributed by atoms with Crippen LogP contribution >= 0.6 is 0 Å². The predicted octanol–water partition coefficient (Wildman–Crippen LogP) is 0.925. The summed E-state index contributed by atoms with van der Waals surface area (Å²) >= 11 is 0. The minimum absolute atomic E-state index is 0.00654. The number of ether oxygens (including phenoxy) is 1. The van der Waals surface area contributed by atoms with Crippen LogP contribution in [0.25, 0.3) is 0 Å². The van der Waals surface area contributed by atoms with Crippen molar-refractivity contribution in [3.63, 3.8) is 0 Å². The maximum atomic E-state index is 11.7. The predicted molar refractivity (Wildman–Crippen MR) is 60.5 cm³/mol. The lowest BCUT2D eigenvalue weighted by atomic mass is 10.1. The molecule has 1 aliphatic heterocycles. The van der Waals surface area contributed by atoms with Crippen LogP contribution in [-0.4, -0.2) is 35.7 Å². The standard InChI is InChI=1S/C12H19NO4/c14-11(7-10-2-1-5-17-10)13-9-4-3-8(6-9)12(15)16/h8-10H,1-7H2,(H,13,14)(H,15,16)/t8-,9+,10?/m1/s1. The maximum absolute atomic E-state index is 11.7. The number of carboxylic acids is 1. The fraction of sp³-hybridized carbons (Fsp3) is 0.833. The Balaban J connectivity index is 1.70. The Morgan fingerprint density at radius 3 is 2.71 bits per heavy atom. The fourth-order valence-electron chi connectivity index (χ4n) is 2.64. The molecule has 1 unspecified atom stereocenters. The number of hydrogen-bond donors (Lipinski definition) is 2. The molecule has 1 heterocycles. The Morgan fingerprint density at radius 1 is 1.29 bits per heavy atom. The minimum Gasteiger partial charge on any atom is -0.481 e. The lowest BCUT2D eigenvalue weighted by Crippen LogP contribution is -2.35. The summed E-state index contributed by atoms with van der Waals surface area (Å²) in [7, 11) is 0. The lowest BCUT2D eigenvalue weighted by molar-refractivity contribution is -0.141. The van der Waals surface area contributed by atoms with Crippen LogP contribution < -0.4 is 5.32 Å². The summed E-state index contributed by atoms with van der Waals surface area (Å²) in [5, 5.41) is 11.8. The van der Waals surface area contributed by atoms with Gasteiger partial charge in [0.1, 0.15) is 0 Å². The van der Waals surface area contributed by atoms with E-state index in [4.69, 9.17) is 9.84 Å². The quantitative estimate of drug-likeness (QED) is 0.767. The van der Waals surface area contributed by atoms with Gasteiger partial charge in [0.05, 0.1) is 18.4 Å². The second-order valence-electron chi connectivity index (χ2n) is 4.95. The first-order valence-electron chi connectivity index (χ1n) is 6.29. The van der Waals surface area contributed by atoms with E-state index < -0.39 is 5.97 Å². The summed E-state index contributed by atoms with van der Waals surface area (Å²) in [5.41, 5.74) is 0. The van der Waals surface area contributed by atoms with Crippen molar-refractivity contribution in [2.75, 3.05) is 6.61 Å². The average molecular weight is 241 g/mol. The highest BCUT2D eigenvalue weighted by Crippen LogP contribution is 2.26. The summed E-state index contributed by atoms with van der Waals surface area (Å²) in [6.45, 7) is 0.752. The van der Waals surface area contributed by atoms with E-state index in [-0.39, 0.29) is 24.0 Å². The first-order valence-corrected chi connectivity index (χ1v) is 6.29. The fourth-order valence-corrected chi connectivity index (χ4v) is 2.64. The van der Waals surface area contributed by atoms with Gasteiger partial charge in [-0.25, -0.2) is 0 Å². The summed E-state index contributed by atoms with van der Waals surface area (Å²) in [4.78, 5) is 22.5. The second-order valence-corrected chi connectivity index (χ2v) is 4.95. The van der Waals surface area contributed by atoms with Crippen molar-refractivity contribution in [3.8, 4) is 0 Å². The van der Waals surface area contributed by atoms with Crippen molar-refractivity contribution < 1.29 is 19.4 Å². The van der Waals surface area contributed by atoms with Crippen molar-refractivity contribution in [2.24, 2.45) is 5.92 Å². The van der Waals surface area contributed by atoms with Gasteiger partial charge in [-0.2, -0.15) is 0 Å². The molecular weight excluding hydrogens is 222 g/mol. The van der Waals surface area contributed by atoms with Crippen LogP contribution in [0, 0.1) is 5.92 Å². The third-order valence-corrected chi connectivity index (χ3v) is 3.58. The Hall–Kier alpha value is -1.10. The molecule has 1 amide bonds. The molecule has 1 saturated carbocycles. The number of aliphatic carboxylic acids is 1. The Labute approximate surface area is 101 Å². The molecule has 5 nitrogen and oxygen atoms in total. The first kappa shape index (κ1) is 12.4. The monoisotopic (exact) mass is 241 g/mol. The summed E-state index contributed by atoms with van der Waals surface area (Å²) in [6, 6.07) is 0.0324. The first-order chi connectivity index (χ1) is 8.15. The number of carboxylic acid groups (broad SMARTS) is 1. The molecule has 0 aromatic rings. The zero-order valence-electron chi connectivity index (χ0n) is 9.85. The molecule has 1 saturated heterocycles. The molecule has 0 aromatic heterocycles. The number of carbonyl (C=O) groups excluding carboxylic acids is 1. The van der Waals surface area contributed by atoms with Crippen molar-refractivity contribution >= 4 is 11.9 Å². The van der Waals surface area contributed by atoms with E-state index in [2.05, 4.69) is 5.32 Å². The van der Waals surface area contributed by atoms with E-state index in [1.807, 2.05) is 0 Å². The Kier molecular flexibility index (Phi) is 3.99. The molecule has 17 heavy (non-hydrogen) atoms. The molecule has 1 aliphatic carbocycles. The van der Waals surface area contributed by atoms with Crippen LogP contribution in [0.15, 0.2) is 0 Å². The van der Waals surface area contributed by atoms with Gasteiger partial charge in [-0.15, -0.1) is 0 Å². The SMILES string of the molecule is O=C(CC1CCCO1)N[C@H]1CC[C@@H](C(=O)O)C1. The number of hydrogen-bond acceptors (Lipinski definition) is 3. The molecule has 5 heteroatoms. The molecule has 2 fully saturated rings. The summed E-state index contributed by atoms with van der Waals surface area (Å²) in [6.07, 6.45) is 4.46. The van der Waals surface area contributed by atoms with E-state index in [9.17, 15) is 9.59 Å². The van der Waals surface area contributed by atoms with Gasteiger partial charge in [0.25, 0.3) is 0 Å². The Morgan fingerprint density at radius 2 is 2.12 bits per heavy atom. The van der Waals surface area contributed by atoms with Crippen molar-refractivity contribution in [2.45, 2.75) is 50.7 Å². The second kappa shape index (κ2) is 5.49. The van der Waals surface area contributed by atoms with E-state index >= 15 is 0 Å². The summed E-state index contributed by atoms with van der Waals surface area (Å²) < 4.78 is 5.39. The molecular formula is C12H19NO4. The van der Waals surface area contributed by atoms with Gasteiger partial charge < -0.3 is 15.2 Å². The van der Waals surface area contributed by atoms with E-state index in [0.717, 1.165) is 25.9 Å². The summed E-state index contributed by atoms with van der Waals surface area (Å²) in [5.74, 6) is -1.04. The van der Waals surface area contributed by atoms with Gasteiger partial charge in [0.2, 0.25) is 5.91 Å². The normalized spacial score (nSPS) is 32.6. The molecule has 0 radical (unpaired) electrons. The number of rotatable bonds is 4. The van der Waals surface area contributed by atoms with Gasteiger partial charge in [-0.05, 0) is 32.1 Å². The molecule has 2 N–H and O–H groups in total. The van der Waals surface area contributed by atoms with Crippen LogP contribution in [0.4, 0.5) is 0 Å². The number of amides is 1. The van der Waals surface area contributed by atoms with Crippen molar-refractivity contribution in [3.05, 3.63) is 0 Å². The van der Waals surface area contributed by atoms with Crippen molar-refractivity contribution in [1.82, 2.24) is 5.32 Å². The Bertz CT molecular complexity index is 299. The highest BCUT2D eigenvalue weighted by molar-refractivity contribution is 5.77. The highest BCUT2D eigenvalue weighted by Gasteiger charge is 2.31. The number of nitrogens with one attached hydrogen (secondary N) is 1. The van der Waals surface area contributed by atoms with Gasteiger partial charge in [-0.3, -0.25) is 9.59 Å². The van der Waals surface area contributed by atoms with Crippen molar-refractivity contribution in [1.29, 1.82) is 0 Å². The molecule has 0 bridgehead atoms. The number of carbonyl (C=O) groups is 2. The van der Waals surface area contributed by atoms with E-state index in [0.29, 0.717) is 19.3 Å². The third-order valence-electron chi connectivity index (χ3n) is 3.58. The zero-order valence-corrected chi connectivity index (χ0v) is 9.85. The van der Waals surface area contributed by atoms with Crippen LogP contribution in [0.5, 0.6) is 0 Å². The largest absolute Gasteiger partial charge is 0.481 e. The topological polar surface area (TPSA) is 75.6 Å². The molecule has 2 rings (SSSR count). The maximum Gasteiger partial charge on any atom is 0.306 e. The zero-order chi connectivity index (χ0) is 12.3. The van der Waals surface area contributed by atoms with E-state index in [1.54, 1.807) is 0 Å². The molecule has 0 spiro atoms. The smallest absolute Gasteiger partial charge is 0.306 e. The average Bonchev–Trinajstić information content (AvgIpc) is 2.88. The molecule has 2 aliphatic rings. The molecule has 0 aromatic carbocycles. The van der Waals surface area contributed by atoms with Crippen LogP contribution in [0.3, 0.4) is 0 Å². The van der Waals surface area contributed by atoms with Gasteiger partial charge >= 0.3 is 5.97 Å². The van der Waals surface area contributed by atoms with E-state index in [1.165, 1.54) is 0 Å².